The van der Waals surface area contributed by atoms with Crippen molar-refractivity contribution < 1.29 is 4.74 Å². The molecule has 0 aromatic heterocycles. The van der Waals surface area contributed by atoms with Crippen LogP contribution in [0.1, 0.15) is 40.0 Å². The quantitative estimate of drug-likeness (QED) is 0.698. The molecular formula is C10H21NO. The minimum Gasteiger partial charge on any atom is -0.374 e. The largest absolute Gasteiger partial charge is 0.374 e. The second-order valence-electron chi connectivity index (χ2n) is 3.63. The maximum absolute atomic E-state index is 5.80. The Morgan fingerprint density at radius 1 is 1.42 bits per heavy atom. The fourth-order valence-electron chi connectivity index (χ4n) is 1.93. The molecular weight excluding hydrogens is 150 g/mol. The first-order valence-corrected chi connectivity index (χ1v) is 5.16. The monoisotopic (exact) mass is 171 g/mol. The molecule has 0 aromatic carbocycles. The van der Waals surface area contributed by atoms with Gasteiger partial charge in [-0.2, -0.15) is 0 Å². The summed E-state index contributed by atoms with van der Waals surface area (Å²) in [5.74, 6) is 0. The molecule has 0 spiro atoms. The molecule has 1 heterocycles. The fraction of sp³-hybridized carbons (Fsp3) is 1.00. The molecule has 1 fully saturated rings. The molecule has 1 aliphatic rings. The van der Waals surface area contributed by atoms with Crippen LogP contribution >= 0.6 is 0 Å². The first-order valence-electron chi connectivity index (χ1n) is 5.16. The predicted molar refractivity (Wildman–Crippen MR) is 51.3 cm³/mol. The summed E-state index contributed by atoms with van der Waals surface area (Å²) in [6.07, 6.45) is 4.57. The third-order valence-corrected chi connectivity index (χ3v) is 2.62. The molecule has 0 bridgehead atoms. The Kier molecular flexibility index (Phi) is 4.02. The summed E-state index contributed by atoms with van der Waals surface area (Å²) in [5.41, 5.74) is 0. The van der Waals surface area contributed by atoms with Crippen molar-refractivity contribution >= 4 is 0 Å². The highest BCUT2D eigenvalue weighted by molar-refractivity contribution is 4.81. The summed E-state index contributed by atoms with van der Waals surface area (Å²) < 4.78 is 5.80. The minimum atomic E-state index is 0.463. The number of hydrogen-bond donors (Lipinski definition) is 1. The molecule has 3 unspecified atom stereocenters. The molecule has 0 saturated carbocycles. The Bertz CT molecular complexity index is 125. The van der Waals surface area contributed by atoms with E-state index >= 15 is 0 Å². The van der Waals surface area contributed by atoms with E-state index in [2.05, 4.69) is 26.1 Å². The van der Waals surface area contributed by atoms with Gasteiger partial charge in [-0.1, -0.05) is 13.8 Å². The Morgan fingerprint density at radius 2 is 2.17 bits per heavy atom. The Labute approximate surface area is 75.7 Å². The van der Waals surface area contributed by atoms with E-state index in [1.54, 1.807) is 0 Å². The van der Waals surface area contributed by atoms with E-state index < -0.39 is 0 Å². The van der Waals surface area contributed by atoms with E-state index in [4.69, 9.17) is 4.74 Å². The van der Waals surface area contributed by atoms with Crippen LogP contribution in [0.2, 0.25) is 0 Å². The van der Waals surface area contributed by atoms with Crippen molar-refractivity contribution in [1.82, 2.24) is 5.32 Å². The molecule has 12 heavy (non-hydrogen) atoms. The van der Waals surface area contributed by atoms with E-state index in [0.29, 0.717) is 18.2 Å². The summed E-state index contributed by atoms with van der Waals surface area (Å²) in [4.78, 5) is 0. The van der Waals surface area contributed by atoms with Crippen LogP contribution in [0.5, 0.6) is 0 Å². The van der Waals surface area contributed by atoms with Crippen molar-refractivity contribution in [3.05, 3.63) is 0 Å². The van der Waals surface area contributed by atoms with Crippen LogP contribution in [-0.4, -0.2) is 24.8 Å². The fourth-order valence-corrected chi connectivity index (χ4v) is 1.93. The molecule has 3 atom stereocenters. The smallest absolute Gasteiger partial charge is 0.0732 e. The van der Waals surface area contributed by atoms with E-state index in [9.17, 15) is 0 Å². The van der Waals surface area contributed by atoms with E-state index in [-0.39, 0.29) is 0 Å². The summed E-state index contributed by atoms with van der Waals surface area (Å²) >= 11 is 0. The van der Waals surface area contributed by atoms with Crippen LogP contribution in [0.15, 0.2) is 0 Å². The molecule has 0 radical (unpaired) electrons. The van der Waals surface area contributed by atoms with Crippen molar-refractivity contribution in [2.24, 2.45) is 0 Å². The van der Waals surface area contributed by atoms with Crippen molar-refractivity contribution in [3.63, 3.8) is 0 Å². The number of ether oxygens (including phenoxy) is 1. The maximum Gasteiger partial charge on any atom is 0.0732 e. The maximum atomic E-state index is 5.80. The van der Waals surface area contributed by atoms with Gasteiger partial charge < -0.3 is 10.1 Å². The van der Waals surface area contributed by atoms with Crippen molar-refractivity contribution in [3.8, 4) is 0 Å². The van der Waals surface area contributed by atoms with Crippen LogP contribution in [0.3, 0.4) is 0 Å². The highest BCUT2D eigenvalue weighted by Gasteiger charge is 2.27. The standard InChI is InChI=1S/C10H21NO/c1-4-9(11-5-2)10-7-6-8(3)12-10/h8-11H,4-7H2,1-3H3. The Morgan fingerprint density at radius 3 is 2.58 bits per heavy atom. The van der Waals surface area contributed by atoms with E-state index in [1.165, 1.54) is 19.3 Å². The first kappa shape index (κ1) is 10.0. The molecule has 1 saturated heterocycles. The third-order valence-electron chi connectivity index (χ3n) is 2.62. The van der Waals surface area contributed by atoms with Crippen LogP contribution in [0.25, 0.3) is 0 Å². The SMILES string of the molecule is CCNC(CC)C1CCC(C)O1. The zero-order valence-corrected chi connectivity index (χ0v) is 8.47. The second-order valence-corrected chi connectivity index (χ2v) is 3.63. The van der Waals surface area contributed by atoms with Gasteiger partial charge in [0.25, 0.3) is 0 Å². The minimum absolute atomic E-state index is 0.463. The van der Waals surface area contributed by atoms with Crippen LogP contribution < -0.4 is 5.32 Å². The Balaban J connectivity index is 2.33. The van der Waals surface area contributed by atoms with Gasteiger partial charge in [-0.05, 0) is 32.7 Å². The van der Waals surface area contributed by atoms with Gasteiger partial charge in [-0.3, -0.25) is 0 Å². The van der Waals surface area contributed by atoms with Crippen LogP contribution in [-0.2, 0) is 4.74 Å². The molecule has 0 aliphatic carbocycles. The van der Waals surface area contributed by atoms with Crippen LogP contribution in [0, 0.1) is 0 Å². The molecule has 72 valence electrons. The molecule has 1 rings (SSSR count). The average molecular weight is 171 g/mol. The van der Waals surface area contributed by atoms with Gasteiger partial charge in [-0.15, -0.1) is 0 Å². The summed E-state index contributed by atoms with van der Waals surface area (Å²) in [7, 11) is 0. The topological polar surface area (TPSA) is 21.3 Å². The number of rotatable bonds is 4. The van der Waals surface area contributed by atoms with Gasteiger partial charge in [0.15, 0.2) is 0 Å². The molecule has 0 amide bonds. The molecule has 1 aliphatic heterocycles. The Hall–Kier alpha value is -0.0800. The summed E-state index contributed by atoms with van der Waals surface area (Å²) in [6.45, 7) is 7.59. The lowest BCUT2D eigenvalue weighted by atomic mass is 10.1. The highest BCUT2D eigenvalue weighted by atomic mass is 16.5. The van der Waals surface area contributed by atoms with Crippen LogP contribution in [0.4, 0.5) is 0 Å². The van der Waals surface area contributed by atoms with Gasteiger partial charge in [-0.25, -0.2) is 0 Å². The zero-order valence-electron chi connectivity index (χ0n) is 8.47. The lowest BCUT2D eigenvalue weighted by Gasteiger charge is -2.22. The molecule has 0 aromatic rings. The molecule has 2 nitrogen and oxygen atoms in total. The van der Waals surface area contributed by atoms with Gasteiger partial charge in [0, 0.05) is 6.04 Å². The average Bonchev–Trinajstić information content (AvgIpc) is 2.47. The number of hydrogen-bond acceptors (Lipinski definition) is 2. The number of nitrogens with one attached hydrogen (secondary N) is 1. The van der Waals surface area contributed by atoms with Gasteiger partial charge in [0.2, 0.25) is 0 Å². The third kappa shape index (κ3) is 2.46. The van der Waals surface area contributed by atoms with Gasteiger partial charge in [0.05, 0.1) is 12.2 Å². The number of likely N-dealkylation sites (N-methyl/N-ethyl adjacent to an activating group) is 1. The highest BCUT2D eigenvalue weighted by Crippen LogP contribution is 2.22. The van der Waals surface area contributed by atoms with E-state index in [0.717, 1.165) is 6.54 Å². The van der Waals surface area contributed by atoms with Gasteiger partial charge >= 0.3 is 0 Å². The predicted octanol–water partition coefficient (Wildman–Crippen LogP) is 1.94. The normalized spacial score (nSPS) is 32.2. The summed E-state index contributed by atoms with van der Waals surface area (Å²) in [6, 6.07) is 0.569. The molecule has 1 N–H and O–H groups in total. The van der Waals surface area contributed by atoms with Crippen molar-refractivity contribution in [1.29, 1.82) is 0 Å². The zero-order chi connectivity index (χ0) is 8.97. The second kappa shape index (κ2) is 4.83. The summed E-state index contributed by atoms with van der Waals surface area (Å²) in [5, 5.41) is 3.47. The van der Waals surface area contributed by atoms with Gasteiger partial charge in [0.1, 0.15) is 0 Å². The van der Waals surface area contributed by atoms with Crippen molar-refractivity contribution in [2.75, 3.05) is 6.54 Å². The van der Waals surface area contributed by atoms with E-state index in [1.807, 2.05) is 0 Å². The van der Waals surface area contributed by atoms with Crippen molar-refractivity contribution in [2.45, 2.75) is 58.3 Å². The lowest BCUT2D eigenvalue weighted by Crippen LogP contribution is -2.39. The lowest BCUT2D eigenvalue weighted by molar-refractivity contribution is 0.0315. The first-order chi connectivity index (χ1) is 5.77. The molecule has 2 heteroatoms.